The Labute approximate surface area is 183 Å². The Hall–Kier alpha value is -3.30. The first-order valence-electron chi connectivity index (χ1n) is 10.5. The average Bonchev–Trinajstić information content (AvgIpc) is 2.70. The molecule has 0 radical (unpaired) electrons. The second-order valence-electron chi connectivity index (χ2n) is 9.13. The molecule has 1 aromatic carbocycles. The van der Waals surface area contributed by atoms with E-state index in [4.69, 9.17) is 9.47 Å². The molecule has 1 atom stereocenters. The SMILES string of the molecule is C[C@H]1COc2c(N3CCN(C(=O)OC(C)(C)C)CC3)c(F)cc3c(=O)c(C(=O)O)cn1c23. The lowest BCUT2D eigenvalue weighted by Crippen LogP contribution is -2.50. The lowest BCUT2D eigenvalue weighted by atomic mass is 10.1. The molecule has 2 aromatic rings. The highest BCUT2D eigenvalue weighted by molar-refractivity contribution is 5.97. The first kappa shape index (κ1) is 21.9. The highest BCUT2D eigenvalue weighted by Gasteiger charge is 2.32. The van der Waals surface area contributed by atoms with E-state index in [1.54, 1.807) is 35.1 Å². The van der Waals surface area contributed by atoms with Crippen molar-refractivity contribution in [3.8, 4) is 5.75 Å². The maximum absolute atomic E-state index is 15.3. The van der Waals surface area contributed by atoms with Crippen molar-refractivity contribution in [3.63, 3.8) is 0 Å². The van der Waals surface area contributed by atoms with Crippen molar-refractivity contribution in [2.75, 3.05) is 37.7 Å². The molecule has 1 amide bonds. The molecule has 0 aliphatic carbocycles. The summed E-state index contributed by atoms with van der Waals surface area (Å²) in [4.78, 5) is 39.9. The van der Waals surface area contributed by atoms with Gasteiger partial charge in [-0.3, -0.25) is 4.79 Å². The third-order valence-electron chi connectivity index (χ3n) is 5.62. The third-order valence-corrected chi connectivity index (χ3v) is 5.62. The summed E-state index contributed by atoms with van der Waals surface area (Å²) >= 11 is 0. The van der Waals surface area contributed by atoms with E-state index in [1.807, 2.05) is 6.92 Å². The van der Waals surface area contributed by atoms with Gasteiger partial charge in [0.1, 0.15) is 23.5 Å². The number of halogens is 1. The largest absolute Gasteiger partial charge is 0.487 e. The third kappa shape index (κ3) is 3.74. The van der Waals surface area contributed by atoms with Gasteiger partial charge in [0.2, 0.25) is 5.43 Å². The van der Waals surface area contributed by atoms with Crippen LogP contribution in [-0.4, -0.2) is 65.0 Å². The number of hydrogen-bond acceptors (Lipinski definition) is 6. The summed E-state index contributed by atoms with van der Waals surface area (Å²) in [6.07, 6.45) is 0.879. The number of amides is 1. The van der Waals surface area contributed by atoms with Gasteiger partial charge in [0.25, 0.3) is 0 Å². The number of carbonyl (C=O) groups excluding carboxylic acids is 1. The standard InChI is InChI=1S/C22H26FN3O6/c1-12-11-31-19-16-13(18(27)14(20(28)29)10-26(12)16)9-15(23)17(19)24-5-7-25(8-6-24)21(30)32-22(2,3)4/h9-10,12H,5-8,11H2,1-4H3,(H,28,29)/t12-/m0/s1. The second kappa shape index (κ2) is 7.68. The van der Waals surface area contributed by atoms with Gasteiger partial charge in [-0.15, -0.1) is 0 Å². The van der Waals surface area contributed by atoms with Crippen LogP contribution in [0.5, 0.6) is 5.75 Å². The zero-order valence-corrected chi connectivity index (χ0v) is 18.5. The lowest BCUT2D eigenvalue weighted by molar-refractivity contribution is 0.0240. The number of benzene rings is 1. The van der Waals surface area contributed by atoms with E-state index in [0.29, 0.717) is 31.7 Å². The fourth-order valence-electron chi connectivity index (χ4n) is 4.10. The summed E-state index contributed by atoms with van der Waals surface area (Å²) in [5.74, 6) is -1.81. The molecule has 0 spiro atoms. The van der Waals surface area contributed by atoms with Gasteiger partial charge in [0.15, 0.2) is 11.6 Å². The monoisotopic (exact) mass is 447 g/mol. The number of pyridine rings is 1. The molecule has 3 heterocycles. The highest BCUT2D eigenvalue weighted by atomic mass is 19.1. The van der Waals surface area contributed by atoms with Crippen molar-refractivity contribution in [1.82, 2.24) is 9.47 Å². The molecule has 9 nitrogen and oxygen atoms in total. The fourth-order valence-corrected chi connectivity index (χ4v) is 4.10. The van der Waals surface area contributed by atoms with E-state index < -0.39 is 34.5 Å². The number of anilines is 1. The fraction of sp³-hybridized carbons (Fsp3) is 0.500. The minimum atomic E-state index is -1.36. The van der Waals surface area contributed by atoms with Gasteiger partial charge in [-0.1, -0.05) is 0 Å². The number of carboxylic acid groups (broad SMARTS) is 1. The molecule has 0 bridgehead atoms. The minimum absolute atomic E-state index is 0.0277. The quantitative estimate of drug-likeness (QED) is 0.755. The first-order valence-corrected chi connectivity index (χ1v) is 10.5. The van der Waals surface area contributed by atoms with Gasteiger partial charge in [0.05, 0.1) is 16.9 Å². The number of hydrogen-bond donors (Lipinski definition) is 1. The van der Waals surface area contributed by atoms with Crippen LogP contribution in [-0.2, 0) is 4.74 Å². The number of piperazine rings is 1. The topological polar surface area (TPSA) is 101 Å². The lowest BCUT2D eigenvalue weighted by Gasteiger charge is -2.38. The molecular weight excluding hydrogens is 421 g/mol. The van der Waals surface area contributed by atoms with Crippen LogP contribution in [0.4, 0.5) is 14.9 Å². The van der Waals surface area contributed by atoms with Gasteiger partial charge in [-0.2, -0.15) is 0 Å². The van der Waals surface area contributed by atoms with Crippen molar-refractivity contribution in [3.05, 3.63) is 33.9 Å². The maximum atomic E-state index is 15.3. The van der Waals surface area contributed by atoms with Gasteiger partial charge in [0, 0.05) is 32.4 Å². The van der Waals surface area contributed by atoms with Crippen LogP contribution in [0, 0.1) is 5.82 Å². The molecule has 1 fully saturated rings. The Morgan fingerprint density at radius 1 is 1.22 bits per heavy atom. The molecule has 1 N–H and O–H groups in total. The molecule has 32 heavy (non-hydrogen) atoms. The van der Waals surface area contributed by atoms with Crippen LogP contribution in [0.2, 0.25) is 0 Å². The summed E-state index contributed by atoms with van der Waals surface area (Å²) in [5.41, 5.74) is -1.17. The Morgan fingerprint density at radius 3 is 2.47 bits per heavy atom. The van der Waals surface area contributed by atoms with Crippen LogP contribution in [0.1, 0.15) is 44.1 Å². The number of carbonyl (C=O) groups is 2. The predicted octanol–water partition coefficient (Wildman–Crippen LogP) is 2.85. The summed E-state index contributed by atoms with van der Waals surface area (Å²) < 4.78 is 28.2. The van der Waals surface area contributed by atoms with E-state index in [1.165, 1.54) is 6.20 Å². The number of carboxylic acids is 1. The Balaban J connectivity index is 1.72. The minimum Gasteiger partial charge on any atom is -0.487 e. The molecule has 2 aliphatic heterocycles. The number of rotatable bonds is 2. The molecule has 2 aliphatic rings. The maximum Gasteiger partial charge on any atom is 0.410 e. The van der Waals surface area contributed by atoms with E-state index in [2.05, 4.69) is 0 Å². The van der Waals surface area contributed by atoms with Gasteiger partial charge < -0.3 is 28.9 Å². The summed E-state index contributed by atoms with van der Waals surface area (Å²) in [6.45, 7) is 8.81. The van der Waals surface area contributed by atoms with Gasteiger partial charge >= 0.3 is 12.1 Å². The summed E-state index contributed by atoms with van der Waals surface area (Å²) in [7, 11) is 0. The molecule has 10 heteroatoms. The number of ether oxygens (including phenoxy) is 2. The van der Waals surface area contributed by atoms with Crippen molar-refractivity contribution in [2.45, 2.75) is 39.3 Å². The van der Waals surface area contributed by atoms with Crippen molar-refractivity contribution in [1.29, 1.82) is 0 Å². The Kier molecular flexibility index (Phi) is 5.26. The number of aromatic nitrogens is 1. The summed E-state index contributed by atoms with van der Waals surface area (Å²) in [5, 5.41) is 9.37. The van der Waals surface area contributed by atoms with E-state index >= 15 is 4.39 Å². The molecule has 1 saturated heterocycles. The average molecular weight is 447 g/mol. The first-order chi connectivity index (χ1) is 15.0. The van der Waals surface area contributed by atoms with E-state index in [9.17, 15) is 19.5 Å². The molecule has 0 unspecified atom stereocenters. The Morgan fingerprint density at radius 2 is 1.88 bits per heavy atom. The number of aromatic carboxylic acids is 1. The molecule has 1 aromatic heterocycles. The van der Waals surface area contributed by atoms with Crippen LogP contribution >= 0.6 is 0 Å². The van der Waals surface area contributed by atoms with Crippen molar-refractivity contribution < 1.29 is 28.6 Å². The van der Waals surface area contributed by atoms with Crippen LogP contribution in [0.15, 0.2) is 17.1 Å². The number of nitrogens with zero attached hydrogens (tertiary/aromatic N) is 3. The molecule has 172 valence electrons. The van der Waals surface area contributed by atoms with Gasteiger partial charge in [-0.25, -0.2) is 14.0 Å². The predicted molar refractivity (Wildman–Crippen MR) is 115 cm³/mol. The zero-order chi connectivity index (χ0) is 23.4. The molecule has 0 saturated carbocycles. The smallest absolute Gasteiger partial charge is 0.410 e. The van der Waals surface area contributed by atoms with E-state index in [-0.39, 0.29) is 29.5 Å². The van der Waals surface area contributed by atoms with E-state index in [0.717, 1.165) is 6.07 Å². The van der Waals surface area contributed by atoms with Gasteiger partial charge in [-0.05, 0) is 33.8 Å². The van der Waals surface area contributed by atoms with Crippen molar-refractivity contribution in [2.24, 2.45) is 0 Å². The van der Waals surface area contributed by atoms with Crippen LogP contribution in [0.3, 0.4) is 0 Å². The van der Waals surface area contributed by atoms with Crippen LogP contribution < -0.4 is 15.1 Å². The van der Waals surface area contributed by atoms with Crippen LogP contribution in [0.25, 0.3) is 10.9 Å². The second-order valence-corrected chi connectivity index (χ2v) is 9.13. The normalized spacial score (nSPS) is 18.5. The zero-order valence-electron chi connectivity index (χ0n) is 18.5. The Bertz CT molecular complexity index is 1160. The van der Waals surface area contributed by atoms with Crippen molar-refractivity contribution >= 4 is 28.7 Å². The molecule has 4 rings (SSSR count). The molecular formula is C22H26FN3O6. The highest BCUT2D eigenvalue weighted by Crippen LogP contribution is 2.42. The summed E-state index contributed by atoms with van der Waals surface area (Å²) in [6, 6.07) is 0.854.